The molecule has 148 valence electrons. The van der Waals surface area contributed by atoms with Crippen LogP contribution >= 0.6 is 0 Å². The molecule has 6 heteroatoms. The highest BCUT2D eigenvalue weighted by Gasteiger charge is 2.25. The molecule has 2 heterocycles. The zero-order valence-corrected chi connectivity index (χ0v) is 16.1. The van der Waals surface area contributed by atoms with Gasteiger partial charge >= 0.3 is 0 Å². The van der Waals surface area contributed by atoms with Crippen molar-refractivity contribution >= 4 is 11.8 Å². The van der Waals surface area contributed by atoms with Crippen LogP contribution in [0.5, 0.6) is 5.75 Å². The van der Waals surface area contributed by atoms with Crippen LogP contribution in [0, 0.1) is 0 Å². The molecular formula is C23H23N3O3. The first-order chi connectivity index (χ1) is 14.2. The summed E-state index contributed by atoms with van der Waals surface area (Å²) in [5.41, 5.74) is 1.67. The van der Waals surface area contributed by atoms with Crippen molar-refractivity contribution in [1.29, 1.82) is 0 Å². The van der Waals surface area contributed by atoms with Crippen molar-refractivity contribution in [3.8, 4) is 11.4 Å². The van der Waals surface area contributed by atoms with Gasteiger partial charge in [0, 0.05) is 49.8 Å². The summed E-state index contributed by atoms with van der Waals surface area (Å²) < 4.78 is 7.53. The molecule has 0 unspecified atom stereocenters. The normalized spacial score (nSPS) is 13.9. The maximum absolute atomic E-state index is 12.8. The Bertz CT molecular complexity index is 945. The minimum atomic E-state index is -0.0583. The second-order valence-electron chi connectivity index (χ2n) is 6.91. The van der Waals surface area contributed by atoms with Crippen molar-refractivity contribution in [2.24, 2.45) is 0 Å². The van der Waals surface area contributed by atoms with Crippen LogP contribution in [0.4, 0.5) is 0 Å². The Balaban J connectivity index is 1.28. The zero-order valence-electron chi connectivity index (χ0n) is 16.1. The van der Waals surface area contributed by atoms with Gasteiger partial charge in [-0.1, -0.05) is 18.2 Å². The number of hydrogen-bond donors (Lipinski definition) is 0. The number of piperazine rings is 1. The molecular weight excluding hydrogens is 366 g/mol. The second kappa shape index (κ2) is 8.65. The van der Waals surface area contributed by atoms with Crippen LogP contribution in [-0.4, -0.2) is 59.0 Å². The number of nitrogens with zero attached hydrogens (tertiary/aromatic N) is 3. The fraction of sp³-hybridized carbons (Fsp3) is 0.217. The third-order valence-electron chi connectivity index (χ3n) is 5.04. The Morgan fingerprint density at radius 1 is 0.759 bits per heavy atom. The molecule has 1 aromatic heterocycles. The highest BCUT2D eigenvalue weighted by molar-refractivity contribution is 5.94. The molecule has 29 heavy (non-hydrogen) atoms. The van der Waals surface area contributed by atoms with Gasteiger partial charge in [0.1, 0.15) is 5.75 Å². The Labute approximate surface area is 169 Å². The largest absolute Gasteiger partial charge is 0.484 e. The van der Waals surface area contributed by atoms with E-state index >= 15 is 0 Å². The molecule has 0 N–H and O–H groups in total. The molecule has 2 aromatic carbocycles. The van der Waals surface area contributed by atoms with Crippen molar-refractivity contribution in [2.75, 3.05) is 32.8 Å². The van der Waals surface area contributed by atoms with Crippen LogP contribution < -0.4 is 4.74 Å². The number of benzene rings is 2. The number of rotatable bonds is 5. The smallest absolute Gasteiger partial charge is 0.260 e. The van der Waals surface area contributed by atoms with Crippen molar-refractivity contribution < 1.29 is 14.3 Å². The SMILES string of the molecule is O=C(COc1ccccc1)N1CCN(C(=O)c2ccc(-n3cccc3)cc2)CC1. The van der Waals surface area contributed by atoms with Gasteiger partial charge in [-0.3, -0.25) is 9.59 Å². The molecule has 2 amide bonds. The van der Waals surface area contributed by atoms with E-state index < -0.39 is 0 Å². The number of para-hydroxylation sites is 1. The topological polar surface area (TPSA) is 54.8 Å². The van der Waals surface area contributed by atoms with Gasteiger partial charge in [-0.15, -0.1) is 0 Å². The molecule has 6 nitrogen and oxygen atoms in total. The van der Waals surface area contributed by atoms with Gasteiger partial charge in [0.2, 0.25) is 0 Å². The van der Waals surface area contributed by atoms with Gasteiger partial charge < -0.3 is 19.1 Å². The lowest BCUT2D eigenvalue weighted by Gasteiger charge is -2.34. The number of carbonyl (C=O) groups excluding carboxylic acids is 2. The summed E-state index contributed by atoms with van der Waals surface area (Å²) in [6, 6.07) is 20.8. The summed E-state index contributed by atoms with van der Waals surface area (Å²) in [6.07, 6.45) is 3.93. The highest BCUT2D eigenvalue weighted by atomic mass is 16.5. The van der Waals surface area contributed by atoms with Crippen LogP contribution in [0.1, 0.15) is 10.4 Å². The minimum Gasteiger partial charge on any atom is -0.484 e. The van der Waals surface area contributed by atoms with E-state index in [0.717, 1.165) is 5.69 Å². The minimum absolute atomic E-state index is 0.00306. The summed E-state index contributed by atoms with van der Waals surface area (Å²) in [5.74, 6) is 0.617. The molecule has 1 aliphatic heterocycles. The molecule has 1 fully saturated rings. The van der Waals surface area contributed by atoms with E-state index in [1.165, 1.54) is 0 Å². The molecule has 3 aromatic rings. The molecule has 1 aliphatic rings. The standard InChI is InChI=1S/C23H23N3O3/c27-22(18-29-21-6-2-1-3-7-21)25-14-16-26(17-15-25)23(28)19-8-10-20(11-9-19)24-12-4-5-13-24/h1-13H,14-18H2. The Kier molecular flexibility index (Phi) is 5.61. The maximum Gasteiger partial charge on any atom is 0.260 e. The van der Waals surface area contributed by atoms with E-state index in [2.05, 4.69) is 0 Å². The number of carbonyl (C=O) groups is 2. The van der Waals surface area contributed by atoms with Crippen LogP contribution in [0.25, 0.3) is 5.69 Å². The lowest BCUT2D eigenvalue weighted by molar-refractivity contribution is -0.134. The monoisotopic (exact) mass is 389 g/mol. The number of hydrogen-bond acceptors (Lipinski definition) is 3. The Morgan fingerprint density at radius 2 is 1.38 bits per heavy atom. The molecule has 0 bridgehead atoms. The fourth-order valence-corrected chi connectivity index (χ4v) is 3.38. The Hall–Kier alpha value is -3.54. The summed E-state index contributed by atoms with van der Waals surface area (Å²) >= 11 is 0. The second-order valence-corrected chi connectivity index (χ2v) is 6.91. The number of amides is 2. The average Bonchev–Trinajstić information content (AvgIpc) is 3.33. The molecule has 0 aliphatic carbocycles. The van der Waals surface area contributed by atoms with E-state index in [1.807, 2.05) is 83.7 Å². The molecule has 1 saturated heterocycles. The third-order valence-corrected chi connectivity index (χ3v) is 5.04. The van der Waals surface area contributed by atoms with Gasteiger partial charge in [-0.2, -0.15) is 0 Å². The van der Waals surface area contributed by atoms with Gasteiger partial charge in [0.05, 0.1) is 0 Å². The van der Waals surface area contributed by atoms with Gasteiger partial charge in [-0.25, -0.2) is 0 Å². The predicted molar refractivity (Wildman–Crippen MR) is 110 cm³/mol. The molecule has 0 saturated carbocycles. The highest BCUT2D eigenvalue weighted by Crippen LogP contribution is 2.14. The van der Waals surface area contributed by atoms with E-state index in [9.17, 15) is 9.59 Å². The number of aromatic nitrogens is 1. The first-order valence-corrected chi connectivity index (χ1v) is 9.69. The number of ether oxygens (including phenoxy) is 1. The van der Waals surface area contributed by atoms with Gasteiger partial charge in [0.25, 0.3) is 11.8 Å². The van der Waals surface area contributed by atoms with E-state index in [0.29, 0.717) is 37.5 Å². The fourth-order valence-electron chi connectivity index (χ4n) is 3.38. The summed E-state index contributed by atoms with van der Waals surface area (Å²) in [5, 5.41) is 0. The van der Waals surface area contributed by atoms with Gasteiger partial charge in [-0.05, 0) is 48.5 Å². The first-order valence-electron chi connectivity index (χ1n) is 9.69. The molecule has 0 spiro atoms. The van der Waals surface area contributed by atoms with Crippen molar-refractivity contribution in [3.05, 3.63) is 84.7 Å². The van der Waals surface area contributed by atoms with Crippen molar-refractivity contribution in [1.82, 2.24) is 14.4 Å². The zero-order chi connectivity index (χ0) is 20.1. The maximum atomic E-state index is 12.8. The predicted octanol–water partition coefficient (Wildman–Crippen LogP) is 2.84. The summed E-state index contributed by atoms with van der Waals surface area (Å²) in [7, 11) is 0. The van der Waals surface area contributed by atoms with Crippen LogP contribution in [0.2, 0.25) is 0 Å². The quantitative estimate of drug-likeness (QED) is 0.674. The third kappa shape index (κ3) is 4.48. The van der Waals surface area contributed by atoms with Gasteiger partial charge in [0.15, 0.2) is 6.61 Å². The lowest BCUT2D eigenvalue weighted by Crippen LogP contribution is -2.51. The van der Waals surface area contributed by atoms with Crippen LogP contribution in [0.15, 0.2) is 79.1 Å². The van der Waals surface area contributed by atoms with Crippen LogP contribution in [-0.2, 0) is 4.79 Å². The summed E-state index contributed by atoms with van der Waals surface area (Å²) in [6.45, 7) is 2.09. The summed E-state index contributed by atoms with van der Waals surface area (Å²) in [4.78, 5) is 28.7. The molecule has 0 atom stereocenters. The van der Waals surface area contributed by atoms with Crippen molar-refractivity contribution in [2.45, 2.75) is 0 Å². The Morgan fingerprint density at radius 3 is 2.03 bits per heavy atom. The molecule has 0 radical (unpaired) electrons. The first kappa shape index (κ1) is 18.8. The van der Waals surface area contributed by atoms with E-state index in [1.54, 1.807) is 9.80 Å². The average molecular weight is 389 g/mol. The van der Waals surface area contributed by atoms with E-state index in [4.69, 9.17) is 4.74 Å². The van der Waals surface area contributed by atoms with Crippen molar-refractivity contribution in [3.63, 3.8) is 0 Å². The lowest BCUT2D eigenvalue weighted by atomic mass is 10.1. The van der Waals surface area contributed by atoms with Crippen LogP contribution in [0.3, 0.4) is 0 Å². The molecule has 4 rings (SSSR count). The van der Waals surface area contributed by atoms with E-state index in [-0.39, 0.29) is 18.4 Å².